The Balaban J connectivity index is 1.40. The van der Waals surface area contributed by atoms with E-state index in [-0.39, 0.29) is 23.6 Å². The molecule has 0 bridgehead atoms. The second-order valence-corrected chi connectivity index (χ2v) is 10.1. The van der Waals surface area contributed by atoms with Gasteiger partial charge in [0.2, 0.25) is 5.82 Å². The van der Waals surface area contributed by atoms with Gasteiger partial charge in [0.25, 0.3) is 5.89 Å². The zero-order valence-electron chi connectivity index (χ0n) is 19.0. The Morgan fingerprint density at radius 1 is 1.15 bits per heavy atom. The maximum Gasteiger partial charge on any atom is 0.325 e. The Hall–Kier alpha value is -2.87. The van der Waals surface area contributed by atoms with Crippen LogP contribution in [0.4, 0.5) is 4.39 Å². The maximum atomic E-state index is 14.8. The normalized spacial score (nSPS) is 16.2. The number of rotatable bonds is 10. The molecule has 1 aromatic heterocycles. The van der Waals surface area contributed by atoms with Crippen molar-refractivity contribution in [3.05, 3.63) is 71.4 Å². The van der Waals surface area contributed by atoms with Crippen LogP contribution in [0.2, 0.25) is 0 Å². The second-order valence-electron chi connectivity index (χ2n) is 8.37. The Morgan fingerprint density at radius 2 is 1.94 bits per heavy atom. The Kier molecular flexibility index (Phi) is 7.56. The molecule has 0 fully saturated rings. The fourth-order valence-corrected chi connectivity index (χ4v) is 4.75. The van der Waals surface area contributed by atoms with E-state index in [4.69, 9.17) is 14.3 Å². The first-order valence-corrected chi connectivity index (χ1v) is 13.2. The van der Waals surface area contributed by atoms with Crippen LogP contribution in [-0.4, -0.2) is 43.4 Å². The smallest absolute Gasteiger partial charge is 0.325 e. The highest BCUT2D eigenvalue weighted by molar-refractivity contribution is 7.51. The highest BCUT2D eigenvalue weighted by Crippen LogP contribution is 2.35. The third-order valence-electron chi connectivity index (χ3n) is 5.87. The number of aryl methyl sites for hydroxylation is 1. The molecule has 0 spiro atoms. The van der Waals surface area contributed by atoms with E-state index in [0.717, 1.165) is 24.1 Å². The molecule has 0 radical (unpaired) electrons. The molecular weight excluding hydrogens is 458 g/mol. The van der Waals surface area contributed by atoms with Crippen molar-refractivity contribution in [3.63, 3.8) is 0 Å². The first-order chi connectivity index (χ1) is 16.3. The van der Waals surface area contributed by atoms with Crippen molar-refractivity contribution in [3.8, 4) is 11.4 Å². The minimum absolute atomic E-state index is 0.0919. The standard InChI is InChI=1S/C24H28FN4O4P/c1-2-29-22(18-10-6-3-7-11-18)16-21(27-29)24-26-23(28-33-24)19-13-12-17(15-20(19)25)9-5-4-8-14-34(30,31)32/h3,6-7,10-13,15,22H,2,4-5,8-9,14,16H2,1H3,(H2,30,31,32). The van der Waals surface area contributed by atoms with Gasteiger partial charge in [0, 0.05) is 19.1 Å². The van der Waals surface area contributed by atoms with Crippen LogP contribution in [0.15, 0.2) is 58.2 Å². The SMILES string of the molecule is CCN1N=C(c2nc(-c3ccc(CCCCCP(=O)(O)O)cc3F)no2)CC1c1ccccc1. The van der Waals surface area contributed by atoms with Gasteiger partial charge in [-0.1, -0.05) is 48.0 Å². The van der Waals surface area contributed by atoms with Gasteiger partial charge < -0.3 is 14.3 Å². The van der Waals surface area contributed by atoms with Crippen molar-refractivity contribution in [2.24, 2.45) is 5.10 Å². The lowest BCUT2D eigenvalue weighted by Crippen LogP contribution is -2.18. The Bertz CT molecular complexity index is 1190. The molecule has 0 aliphatic carbocycles. The van der Waals surface area contributed by atoms with Crippen LogP contribution >= 0.6 is 7.60 Å². The number of halogens is 1. The Labute approximate surface area is 197 Å². The molecule has 8 nitrogen and oxygen atoms in total. The van der Waals surface area contributed by atoms with Gasteiger partial charge in [-0.2, -0.15) is 10.1 Å². The van der Waals surface area contributed by atoms with Crippen molar-refractivity contribution >= 4 is 13.3 Å². The van der Waals surface area contributed by atoms with Crippen molar-refractivity contribution in [2.75, 3.05) is 12.7 Å². The van der Waals surface area contributed by atoms with Crippen molar-refractivity contribution in [1.29, 1.82) is 0 Å². The number of benzene rings is 2. The van der Waals surface area contributed by atoms with E-state index in [2.05, 4.69) is 27.4 Å². The summed E-state index contributed by atoms with van der Waals surface area (Å²) < 4.78 is 31.1. The zero-order valence-corrected chi connectivity index (χ0v) is 19.9. The van der Waals surface area contributed by atoms with Gasteiger partial charge in [-0.05, 0) is 49.4 Å². The van der Waals surface area contributed by atoms with Crippen molar-refractivity contribution < 1.29 is 23.3 Å². The summed E-state index contributed by atoms with van der Waals surface area (Å²) in [6, 6.07) is 15.1. The lowest BCUT2D eigenvalue weighted by molar-refractivity contribution is 0.246. The van der Waals surface area contributed by atoms with Gasteiger partial charge in [0.1, 0.15) is 11.5 Å². The van der Waals surface area contributed by atoms with Crippen LogP contribution in [0.3, 0.4) is 0 Å². The van der Waals surface area contributed by atoms with Crippen molar-refractivity contribution in [2.45, 2.75) is 45.1 Å². The van der Waals surface area contributed by atoms with Gasteiger partial charge >= 0.3 is 7.60 Å². The summed E-state index contributed by atoms with van der Waals surface area (Å²) in [5.41, 5.74) is 2.91. The van der Waals surface area contributed by atoms with E-state index in [1.807, 2.05) is 36.2 Å². The van der Waals surface area contributed by atoms with Crippen LogP contribution in [0, 0.1) is 5.82 Å². The molecule has 2 N–H and O–H groups in total. The lowest BCUT2D eigenvalue weighted by Gasteiger charge is -2.21. The molecule has 180 valence electrons. The number of hydrogen-bond donors (Lipinski definition) is 2. The molecular formula is C24H28FN4O4P. The molecule has 3 aromatic rings. The van der Waals surface area contributed by atoms with E-state index in [9.17, 15) is 8.96 Å². The molecule has 34 heavy (non-hydrogen) atoms. The molecule has 0 saturated heterocycles. The van der Waals surface area contributed by atoms with Crippen LogP contribution in [0.1, 0.15) is 55.7 Å². The third kappa shape index (κ3) is 5.97. The van der Waals surface area contributed by atoms with E-state index >= 15 is 0 Å². The minimum atomic E-state index is -3.95. The third-order valence-corrected chi connectivity index (χ3v) is 6.76. The molecule has 10 heteroatoms. The van der Waals surface area contributed by atoms with Gasteiger partial charge in [-0.15, -0.1) is 0 Å². The van der Waals surface area contributed by atoms with Crippen LogP contribution < -0.4 is 0 Å². The molecule has 0 amide bonds. The van der Waals surface area contributed by atoms with E-state index in [0.29, 0.717) is 37.3 Å². The molecule has 2 heterocycles. The predicted octanol–water partition coefficient (Wildman–Crippen LogP) is 4.94. The minimum Gasteiger partial charge on any atom is -0.332 e. The monoisotopic (exact) mass is 486 g/mol. The fourth-order valence-electron chi connectivity index (χ4n) is 4.11. The molecule has 1 atom stereocenters. The van der Waals surface area contributed by atoms with Crippen LogP contribution in [0.25, 0.3) is 11.4 Å². The number of hydrazone groups is 1. The predicted molar refractivity (Wildman–Crippen MR) is 127 cm³/mol. The highest BCUT2D eigenvalue weighted by atomic mass is 31.2. The molecule has 0 saturated carbocycles. The summed E-state index contributed by atoms with van der Waals surface area (Å²) >= 11 is 0. The highest BCUT2D eigenvalue weighted by Gasteiger charge is 2.30. The topological polar surface area (TPSA) is 112 Å². The number of hydrogen-bond acceptors (Lipinski definition) is 6. The fraction of sp³-hybridized carbons (Fsp3) is 0.375. The zero-order chi connectivity index (χ0) is 24.1. The average Bonchev–Trinajstić information content (AvgIpc) is 3.46. The summed E-state index contributed by atoms with van der Waals surface area (Å²) in [5.74, 6) is 0.0285. The van der Waals surface area contributed by atoms with Crippen molar-refractivity contribution in [1.82, 2.24) is 15.1 Å². The molecule has 1 unspecified atom stereocenters. The van der Waals surface area contributed by atoms with Crippen LogP contribution in [-0.2, 0) is 11.0 Å². The summed E-state index contributed by atoms with van der Waals surface area (Å²) in [6.07, 6.45) is 2.98. The average molecular weight is 486 g/mol. The molecule has 2 aromatic carbocycles. The second kappa shape index (κ2) is 10.6. The first-order valence-electron chi connectivity index (χ1n) is 11.4. The summed E-state index contributed by atoms with van der Waals surface area (Å²) in [4.78, 5) is 22.2. The molecule has 1 aliphatic rings. The van der Waals surface area contributed by atoms with E-state index in [1.54, 1.807) is 6.07 Å². The van der Waals surface area contributed by atoms with Gasteiger partial charge in [-0.25, -0.2) is 4.39 Å². The maximum absolute atomic E-state index is 14.8. The summed E-state index contributed by atoms with van der Waals surface area (Å²) in [7, 11) is -3.95. The number of nitrogens with zero attached hydrogens (tertiary/aromatic N) is 4. The molecule has 4 rings (SSSR count). The van der Waals surface area contributed by atoms with Crippen LogP contribution in [0.5, 0.6) is 0 Å². The molecule has 1 aliphatic heterocycles. The largest absolute Gasteiger partial charge is 0.332 e. The van der Waals surface area contributed by atoms with E-state index in [1.165, 1.54) is 6.07 Å². The summed E-state index contributed by atoms with van der Waals surface area (Å²) in [5, 5.41) is 10.6. The first kappa shape index (κ1) is 24.3. The van der Waals surface area contributed by atoms with Gasteiger partial charge in [0.05, 0.1) is 11.6 Å². The number of unbranched alkanes of at least 4 members (excludes halogenated alkanes) is 2. The number of aromatic nitrogens is 2. The summed E-state index contributed by atoms with van der Waals surface area (Å²) in [6.45, 7) is 2.77. The van der Waals surface area contributed by atoms with Gasteiger partial charge in [0.15, 0.2) is 0 Å². The van der Waals surface area contributed by atoms with E-state index < -0.39 is 13.4 Å². The quantitative estimate of drug-likeness (QED) is 0.308. The lowest BCUT2D eigenvalue weighted by atomic mass is 10.0. The van der Waals surface area contributed by atoms with Gasteiger partial charge in [-0.3, -0.25) is 9.57 Å². The Morgan fingerprint density at radius 3 is 2.65 bits per heavy atom.